The van der Waals surface area contributed by atoms with Gasteiger partial charge in [-0.3, -0.25) is 4.79 Å². The van der Waals surface area contributed by atoms with Crippen LogP contribution in [0.4, 0.5) is 26.2 Å². The van der Waals surface area contributed by atoms with Gasteiger partial charge in [-0.1, -0.05) is 6.07 Å². The molecule has 0 bridgehead atoms. The van der Waals surface area contributed by atoms with Crippen molar-refractivity contribution in [3.63, 3.8) is 0 Å². The summed E-state index contributed by atoms with van der Waals surface area (Å²) in [7, 11) is 0. The van der Waals surface area contributed by atoms with Crippen LogP contribution in [0, 0.1) is 5.92 Å². The van der Waals surface area contributed by atoms with Gasteiger partial charge in [-0.25, -0.2) is 13.8 Å². The van der Waals surface area contributed by atoms with Crippen molar-refractivity contribution in [2.45, 2.75) is 19.3 Å². The highest BCUT2D eigenvalue weighted by Crippen LogP contribution is 2.30. The lowest BCUT2D eigenvalue weighted by molar-refractivity contribution is 0.143. The number of alkyl halides is 2. The van der Waals surface area contributed by atoms with Crippen LogP contribution in [0.2, 0.25) is 0 Å². The van der Waals surface area contributed by atoms with E-state index in [9.17, 15) is 13.6 Å². The summed E-state index contributed by atoms with van der Waals surface area (Å²) in [4.78, 5) is 25.9. The SMILES string of the molecule is O=c1ccc2ccc(Nc3nc(N4CCC(CNCC(F)F)CC4)c4occc4n3)cc2[nH]1. The molecule has 33 heavy (non-hydrogen) atoms. The molecule has 4 aromatic rings. The van der Waals surface area contributed by atoms with Crippen LogP contribution in [0.25, 0.3) is 22.0 Å². The number of furan rings is 1. The van der Waals surface area contributed by atoms with Crippen LogP contribution in [0.3, 0.4) is 0 Å². The summed E-state index contributed by atoms with van der Waals surface area (Å²) in [6, 6.07) is 10.7. The van der Waals surface area contributed by atoms with Crippen LogP contribution in [-0.2, 0) is 0 Å². The van der Waals surface area contributed by atoms with E-state index in [2.05, 4.69) is 25.5 Å². The van der Waals surface area contributed by atoms with E-state index in [1.807, 2.05) is 18.2 Å². The third-order valence-electron chi connectivity index (χ3n) is 5.91. The first-order valence-corrected chi connectivity index (χ1v) is 10.9. The van der Waals surface area contributed by atoms with Crippen molar-refractivity contribution in [3.05, 3.63) is 53.0 Å². The number of nitrogens with one attached hydrogen (secondary N) is 3. The second kappa shape index (κ2) is 9.14. The number of pyridine rings is 1. The molecule has 10 heteroatoms. The molecule has 3 N–H and O–H groups in total. The van der Waals surface area contributed by atoms with Crippen LogP contribution in [0.15, 0.2) is 51.9 Å². The van der Waals surface area contributed by atoms with Crippen molar-refractivity contribution in [2.75, 3.05) is 36.4 Å². The van der Waals surface area contributed by atoms with Crippen molar-refractivity contribution >= 4 is 39.5 Å². The van der Waals surface area contributed by atoms with Gasteiger partial charge >= 0.3 is 0 Å². The number of benzene rings is 1. The Morgan fingerprint density at radius 2 is 1.97 bits per heavy atom. The number of aromatic amines is 1. The molecule has 0 radical (unpaired) electrons. The average molecular weight is 454 g/mol. The lowest BCUT2D eigenvalue weighted by atomic mass is 9.97. The third kappa shape index (κ3) is 4.80. The molecule has 1 saturated heterocycles. The molecule has 1 fully saturated rings. The molecule has 0 spiro atoms. The van der Waals surface area contributed by atoms with Gasteiger partial charge in [0.25, 0.3) is 6.43 Å². The molecule has 4 heterocycles. The van der Waals surface area contributed by atoms with Crippen LogP contribution < -0.4 is 21.1 Å². The van der Waals surface area contributed by atoms with Gasteiger partial charge in [0, 0.05) is 30.9 Å². The summed E-state index contributed by atoms with van der Waals surface area (Å²) in [5.41, 5.74) is 2.63. The summed E-state index contributed by atoms with van der Waals surface area (Å²) in [5.74, 6) is 1.49. The number of hydrogen-bond acceptors (Lipinski definition) is 7. The fourth-order valence-corrected chi connectivity index (χ4v) is 4.22. The molecule has 1 aliphatic heterocycles. The van der Waals surface area contributed by atoms with Crippen LogP contribution in [0.1, 0.15) is 12.8 Å². The van der Waals surface area contributed by atoms with Crippen LogP contribution in [0.5, 0.6) is 0 Å². The van der Waals surface area contributed by atoms with Crippen LogP contribution >= 0.6 is 0 Å². The number of rotatable bonds is 7. The zero-order valence-electron chi connectivity index (χ0n) is 17.9. The lowest BCUT2D eigenvalue weighted by Gasteiger charge is -2.33. The van der Waals surface area contributed by atoms with Crippen molar-refractivity contribution in [1.29, 1.82) is 0 Å². The fourth-order valence-electron chi connectivity index (χ4n) is 4.22. The van der Waals surface area contributed by atoms with Gasteiger partial charge in [-0.05, 0) is 48.9 Å². The van der Waals surface area contributed by atoms with E-state index < -0.39 is 6.43 Å². The Labute approximate surface area is 188 Å². The maximum absolute atomic E-state index is 12.4. The number of piperidine rings is 1. The van der Waals surface area contributed by atoms with E-state index in [4.69, 9.17) is 9.40 Å². The smallest absolute Gasteiger partial charge is 0.250 e. The molecule has 0 aliphatic carbocycles. The van der Waals surface area contributed by atoms with Gasteiger partial charge in [-0.15, -0.1) is 0 Å². The lowest BCUT2D eigenvalue weighted by Crippen LogP contribution is -2.38. The summed E-state index contributed by atoms with van der Waals surface area (Å²) in [6.45, 7) is 1.83. The van der Waals surface area contributed by atoms with Crippen molar-refractivity contribution < 1.29 is 13.2 Å². The molecular formula is C23H24F2N6O2. The minimum Gasteiger partial charge on any atom is -0.459 e. The first-order chi connectivity index (χ1) is 16.0. The molecular weight excluding hydrogens is 430 g/mol. The molecule has 1 aromatic carbocycles. The van der Waals surface area contributed by atoms with Gasteiger partial charge < -0.3 is 24.9 Å². The molecule has 3 aromatic heterocycles. The van der Waals surface area contributed by atoms with Gasteiger partial charge in [-0.2, -0.15) is 4.98 Å². The molecule has 5 rings (SSSR count). The Bertz CT molecular complexity index is 1310. The van der Waals surface area contributed by atoms with E-state index in [0.717, 1.165) is 42.5 Å². The molecule has 0 saturated carbocycles. The second-order valence-electron chi connectivity index (χ2n) is 8.24. The number of aromatic nitrogens is 3. The summed E-state index contributed by atoms with van der Waals surface area (Å²) >= 11 is 0. The predicted octanol–water partition coefficient (Wildman–Crippen LogP) is 3.88. The van der Waals surface area contributed by atoms with Gasteiger partial charge in [0.2, 0.25) is 11.5 Å². The number of anilines is 3. The van der Waals surface area contributed by atoms with E-state index in [1.54, 1.807) is 18.4 Å². The first kappa shape index (κ1) is 21.3. The first-order valence-electron chi connectivity index (χ1n) is 10.9. The van der Waals surface area contributed by atoms with Gasteiger partial charge in [0.05, 0.1) is 18.3 Å². The highest BCUT2D eigenvalue weighted by Gasteiger charge is 2.24. The van der Waals surface area contributed by atoms with Gasteiger partial charge in [0.1, 0.15) is 5.52 Å². The van der Waals surface area contributed by atoms with E-state index >= 15 is 0 Å². The molecule has 8 nitrogen and oxygen atoms in total. The molecule has 0 unspecified atom stereocenters. The number of fused-ring (bicyclic) bond motifs is 2. The quantitative estimate of drug-likeness (QED) is 0.390. The Balaban J connectivity index is 1.34. The maximum atomic E-state index is 12.4. The number of H-pyrrole nitrogens is 1. The summed E-state index contributed by atoms with van der Waals surface area (Å²) in [5, 5.41) is 7.00. The zero-order chi connectivity index (χ0) is 22.8. The predicted molar refractivity (Wildman–Crippen MR) is 123 cm³/mol. The topological polar surface area (TPSA) is 99.1 Å². The Hall–Kier alpha value is -3.53. The number of hydrogen-bond donors (Lipinski definition) is 3. The normalized spacial score (nSPS) is 15.1. The second-order valence-corrected chi connectivity index (χ2v) is 8.24. The molecule has 0 atom stereocenters. The van der Waals surface area contributed by atoms with Crippen molar-refractivity contribution in [1.82, 2.24) is 20.3 Å². The molecule has 1 aliphatic rings. The summed E-state index contributed by atoms with van der Waals surface area (Å²) in [6.07, 6.45) is 1.02. The van der Waals surface area contributed by atoms with Crippen LogP contribution in [-0.4, -0.2) is 47.6 Å². The molecule has 0 amide bonds. The Kier molecular flexibility index (Phi) is 5.91. The van der Waals surface area contributed by atoms with E-state index in [-0.39, 0.29) is 12.1 Å². The standard InChI is InChI=1S/C23H24F2N6O2/c24-19(25)13-26-12-14-5-8-31(9-6-14)22-21-17(7-10-33-21)29-23(30-22)27-16-3-1-15-2-4-20(32)28-18(15)11-16/h1-4,7,10-11,14,19,26H,5-6,8-9,12-13H2,(H,28,32)(H,27,29,30). The highest BCUT2D eigenvalue weighted by molar-refractivity contribution is 5.86. The fraction of sp³-hybridized carbons (Fsp3) is 0.348. The number of nitrogens with zero attached hydrogens (tertiary/aromatic N) is 3. The highest BCUT2D eigenvalue weighted by atomic mass is 19.3. The zero-order valence-corrected chi connectivity index (χ0v) is 17.9. The largest absolute Gasteiger partial charge is 0.459 e. The van der Waals surface area contributed by atoms with Crippen molar-refractivity contribution in [3.8, 4) is 0 Å². The minimum absolute atomic E-state index is 0.161. The Morgan fingerprint density at radius 1 is 1.15 bits per heavy atom. The average Bonchev–Trinajstić information content (AvgIpc) is 3.27. The maximum Gasteiger partial charge on any atom is 0.250 e. The Morgan fingerprint density at radius 3 is 2.79 bits per heavy atom. The van der Waals surface area contributed by atoms with Gasteiger partial charge in [0.15, 0.2) is 11.4 Å². The monoisotopic (exact) mass is 454 g/mol. The van der Waals surface area contributed by atoms with Crippen molar-refractivity contribution in [2.24, 2.45) is 5.92 Å². The summed E-state index contributed by atoms with van der Waals surface area (Å²) < 4.78 is 30.4. The molecule has 172 valence electrons. The number of halogens is 2. The third-order valence-corrected chi connectivity index (χ3v) is 5.91. The van der Waals surface area contributed by atoms with E-state index in [0.29, 0.717) is 35.3 Å². The minimum atomic E-state index is -2.33. The van der Waals surface area contributed by atoms with E-state index in [1.165, 1.54) is 6.07 Å².